The van der Waals surface area contributed by atoms with Crippen molar-refractivity contribution in [2.24, 2.45) is 0 Å². The van der Waals surface area contributed by atoms with Gasteiger partial charge in [-0.3, -0.25) is 0 Å². The van der Waals surface area contributed by atoms with Crippen LogP contribution in [0.5, 0.6) is 5.75 Å². The predicted molar refractivity (Wildman–Crippen MR) is 121 cm³/mol. The lowest BCUT2D eigenvalue weighted by atomic mass is 10.1. The van der Waals surface area contributed by atoms with Gasteiger partial charge >= 0.3 is 6.09 Å². The summed E-state index contributed by atoms with van der Waals surface area (Å²) in [7, 11) is -2.37. The van der Waals surface area contributed by atoms with Crippen LogP contribution in [0.25, 0.3) is 0 Å². The van der Waals surface area contributed by atoms with Crippen LogP contribution in [-0.2, 0) is 14.8 Å². The molecule has 1 N–H and O–H groups in total. The van der Waals surface area contributed by atoms with E-state index in [1.807, 2.05) is 42.6 Å². The van der Waals surface area contributed by atoms with E-state index in [4.69, 9.17) is 9.47 Å². The Bertz CT molecular complexity index is 1180. The molecule has 0 spiro atoms. The van der Waals surface area contributed by atoms with Gasteiger partial charge in [-0.15, -0.1) is 11.3 Å². The van der Waals surface area contributed by atoms with Crippen LogP contribution >= 0.6 is 11.3 Å². The van der Waals surface area contributed by atoms with Crippen LogP contribution in [0.4, 0.5) is 4.79 Å². The molecule has 1 aliphatic rings. The molecule has 0 saturated carbocycles. The Labute approximate surface area is 191 Å². The van der Waals surface area contributed by atoms with Crippen molar-refractivity contribution in [2.75, 3.05) is 13.7 Å². The van der Waals surface area contributed by atoms with Crippen LogP contribution in [0.15, 0.2) is 70.9 Å². The number of alkyl carbamates (subject to hydrolysis) is 1. The Kier molecular flexibility index (Phi) is 6.50. The first-order valence-electron chi connectivity index (χ1n) is 9.91. The van der Waals surface area contributed by atoms with E-state index in [2.05, 4.69) is 11.9 Å². The highest BCUT2D eigenvalue weighted by Crippen LogP contribution is 2.37. The summed E-state index contributed by atoms with van der Waals surface area (Å²) < 4.78 is 38.2. The third-order valence-electron chi connectivity index (χ3n) is 5.10. The largest absolute Gasteiger partial charge is 0.497 e. The third-order valence-corrected chi connectivity index (χ3v) is 7.79. The Balaban J connectivity index is 1.51. The van der Waals surface area contributed by atoms with Crippen LogP contribution in [0.2, 0.25) is 0 Å². The van der Waals surface area contributed by atoms with Gasteiger partial charge in [-0.25, -0.2) is 13.2 Å². The number of methoxy groups -OCH3 is 1. The van der Waals surface area contributed by atoms with Crippen LogP contribution in [-0.4, -0.2) is 32.5 Å². The Morgan fingerprint density at radius 1 is 1.16 bits per heavy atom. The molecule has 0 bridgehead atoms. The van der Waals surface area contributed by atoms with Crippen molar-refractivity contribution in [1.82, 2.24) is 9.62 Å². The summed E-state index contributed by atoms with van der Waals surface area (Å²) in [5, 5.41) is 4.63. The summed E-state index contributed by atoms with van der Waals surface area (Å²) in [6.45, 7) is 4.72. The summed E-state index contributed by atoms with van der Waals surface area (Å²) in [4.78, 5) is 13.5. The van der Waals surface area contributed by atoms with Crippen molar-refractivity contribution in [1.29, 1.82) is 0 Å². The average Bonchev–Trinajstić information content (AvgIpc) is 3.29. The van der Waals surface area contributed by atoms with E-state index >= 15 is 0 Å². The molecule has 166 valence electrons. The van der Waals surface area contributed by atoms with Gasteiger partial charge in [-0.1, -0.05) is 30.3 Å². The minimum Gasteiger partial charge on any atom is -0.497 e. The minimum atomic E-state index is -3.88. The molecular weight excluding hydrogens is 448 g/mol. The molecule has 7 nitrogen and oxygen atoms in total. The predicted octanol–water partition coefficient (Wildman–Crippen LogP) is 4.38. The molecule has 9 heteroatoms. The van der Waals surface area contributed by atoms with Crippen molar-refractivity contribution in [3.8, 4) is 5.75 Å². The molecule has 0 aliphatic carbocycles. The number of rotatable bonds is 6. The first kappa shape index (κ1) is 22.3. The Morgan fingerprint density at radius 3 is 2.56 bits per heavy atom. The van der Waals surface area contributed by atoms with Crippen molar-refractivity contribution in [3.05, 3.63) is 88.6 Å². The van der Waals surface area contributed by atoms with Crippen LogP contribution in [0, 0.1) is 6.54 Å². The number of hydrogen-bond acceptors (Lipinski definition) is 6. The lowest BCUT2D eigenvalue weighted by Gasteiger charge is -2.31. The molecule has 32 heavy (non-hydrogen) atoms. The number of benzene rings is 2. The number of hydrogen-bond donors (Lipinski definition) is 1. The maximum atomic E-state index is 13.2. The number of fused-ring (bicyclic) bond motifs is 1. The molecule has 2 atom stereocenters. The number of amides is 1. The van der Waals surface area contributed by atoms with E-state index in [9.17, 15) is 13.2 Å². The van der Waals surface area contributed by atoms with Gasteiger partial charge in [0.2, 0.25) is 10.0 Å². The zero-order valence-corrected chi connectivity index (χ0v) is 19.2. The first-order valence-corrected chi connectivity index (χ1v) is 12.2. The molecule has 0 saturated heterocycles. The number of ether oxygens (including phenoxy) is 2. The van der Waals surface area contributed by atoms with Crippen LogP contribution < -0.4 is 10.1 Å². The zero-order valence-electron chi connectivity index (χ0n) is 17.5. The zero-order chi connectivity index (χ0) is 22.7. The van der Waals surface area contributed by atoms with Crippen molar-refractivity contribution in [3.63, 3.8) is 0 Å². The normalized spacial score (nSPS) is 17.2. The summed E-state index contributed by atoms with van der Waals surface area (Å²) in [5.74, 6) is 0.557. The SMILES string of the molecule is COc1ccc(S(=O)(=O)N2[C]c3ccsc3C(OC(=O)NC(C)c3ccccc3)C2)cc1. The fraction of sp³-hybridized carbons (Fsp3) is 0.217. The maximum Gasteiger partial charge on any atom is 0.408 e. The smallest absolute Gasteiger partial charge is 0.408 e. The summed E-state index contributed by atoms with van der Waals surface area (Å²) in [6.07, 6.45) is -1.36. The highest BCUT2D eigenvalue weighted by atomic mass is 32.2. The molecule has 2 heterocycles. The maximum absolute atomic E-state index is 13.2. The first-order chi connectivity index (χ1) is 15.4. The molecule has 0 fully saturated rings. The highest BCUT2D eigenvalue weighted by molar-refractivity contribution is 7.89. The van der Waals surface area contributed by atoms with Gasteiger partial charge in [0, 0.05) is 0 Å². The van der Waals surface area contributed by atoms with E-state index in [1.165, 1.54) is 30.6 Å². The molecule has 1 aliphatic heterocycles. The average molecular weight is 471 g/mol. The van der Waals surface area contributed by atoms with Crippen molar-refractivity contribution in [2.45, 2.75) is 24.0 Å². The van der Waals surface area contributed by atoms with E-state index in [0.717, 1.165) is 14.7 Å². The second-order valence-corrected chi connectivity index (χ2v) is 10.0. The number of thiophene rings is 1. The number of carbonyl (C=O) groups is 1. The standard InChI is InChI=1S/C23H22N2O5S2/c1-16(17-6-4-3-5-7-17)24-23(26)30-21-15-25(14-18-12-13-31-22(18)21)32(27,28)20-10-8-19(29-2)9-11-20/h3-13,16,21H,15H2,1-2H3,(H,24,26). The van der Waals surface area contributed by atoms with Crippen LogP contribution in [0.1, 0.15) is 35.1 Å². The molecule has 1 aromatic heterocycles. The number of nitrogens with zero attached hydrogens (tertiary/aromatic N) is 1. The van der Waals surface area contributed by atoms with Gasteiger partial charge in [0.15, 0.2) is 6.10 Å². The quantitative estimate of drug-likeness (QED) is 0.578. The fourth-order valence-corrected chi connectivity index (χ4v) is 5.52. The van der Waals surface area contributed by atoms with Crippen molar-refractivity contribution >= 4 is 27.5 Å². The number of sulfonamides is 1. The Hall–Kier alpha value is -2.88. The van der Waals surface area contributed by atoms with Crippen molar-refractivity contribution < 1.29 is 22.7 Å². The molecular formula is C23H22N2O5S2. The fourth-order valence-electron chi connectivity index (χ4n) is 3.37. The molecule has 4 rings (SSSR count). The van der Waals surface area contributed by atoms with Crippen LogP contribution in [0.3, 0.4) is 0 Å². The number of carbonyl (C=O) groups excluding carboxylic acids is 1. The lowest BCUT2D eigenvalue weighted by Crippen LogP contribution is -2.39. The molecule has 3 aromatic rings. The highest BCUT2D eigenvalue weighted by Gasteiger charge is 2.37. The molecule has 2 unspecified atom stereocenters. The van der Waals surface area contributed by atoms with E-state index in [-0.39, 0.29) is 17.5 Å². The molecule has 2 aromatic carbocycles. The Morgan fingerprint density at radius 2 is 1.88 bits per heavy atom. The van der Waals surface area contributed by atoms with Gasteiger partial charge in [0.05, 0.1) is 29.5 Å². The summed E-state index contributed by atoms with van der Waals surface area (Å²) in [6, 6.07) is 17.1. The monoisotopic (exact) mass is 470 g/mol. The van der Waals surface area contributed by atoms with E-state index < -0.39 is 22.2 Å². The summed E-state index contributed by atoms with van der Waals surface area (Å²) in [5.41, 5.74) is 1.53. The second kappa shape index (κ2) is 9.32. The third kappa shape index (κ3) is 4.64. The van der Waals surface area contributed by atoms with E-state index in [0.29, 0.717) is 11.3 Å². The summed E-state index contributed by atoms with van der Waals surface area (Å²) >= 11 is 1.40. The van der Waals surface area contributed by atoms with Gasteiger partial charge in [-0.2, -0.15) is 4.31 Å². The molecule has 1 amide bonds. The van der Waals surface area contributed by atoms with Gasteiger partial charge in [0.25, 0.3) is 0 Å². The molecule has 2 radical (unpaired) electrons. The van der Waals surface area contributed by atoms with Gasteiger partial charge in [-0.05, 0) is 53.8 Å². The van der Waals surface area contributed by atoms with E-state index in [1.54, 1.807) is 18.2 Å². The topological polar surface area (TPSA) is 84.9 Å². The van der Waals surface area contributed by atoms with Gasteiger partial charge in [0.1, 0.15) is 12.3 Å². The second-order valence-electron chi connectivity index (χ2n) is 7.19. The number of nitrogens with one attached hydrogen (secondary N) is 1. The lowest BCUT2D eigenvalue weighted by molar-refractivity contribution is 0.0842. The van der Waals surface area contributed by atoms with Gasteiger partial charge < -0.3 is 14.8 Å². The minimum absolute atomic E-state index is 0.0605.